The normalized spacial score (nSPS) is 12.0. The zero-order valence-corrected chi connectivity index (χ0v) is 23.6. The Kier molecular flexibility index (Phi) is 12.2. The fraction of sp³-hybridized carbons (Fsp3) is 0.481. The van der Waals surface area contributed by atoms with Crippen molar-refractivity contribution in [2.75, 3.05) is 37.3 Å². The second-order valence-corrected chi connectivity index (χ2v) is 11.2. The summed E-state index contributed by atoms with van der Waals surface area (Å²) < 4.78 is 31.4. The van der Waals surface area contributed by atoms with Crippen LogP contribution < -0.4 is 14.4 Å². The largest absolute Gasteiger partial charge is 0.495 e. The van der Waals surface area contributed by atoms with Gasteiger partial charge in [-0.05, 0) is 49.9 Å². The molecule has 1 atom stereocenters. The van der Waals surface area contributed by atoms with E-state index in [2.05, 4.69) is 5.32 Å². The molecule has 0 spiro atoms. The molecule has 1 N–H and O–H groups in total. The van der Waals surface area contributed by atoms with Gasteiger partial charge in [-0.25, -0.2) is 8.42 Å². The first-order chi connectivity index (χ1) is 17.6. The minimum Gasteiger partial charge on any atom is -0.495 e. The van der Waals surface area contributed by atoms with E-state index in [4.69, 9.17) is 16.3 Å². The predicted molar refractivity (Wildman–Crippen MR) is 149 cm³/mol. The van der Waals surface area contributed by atoms with Crippen LogP contribution >= 0.6 is 11.6 Å². The van der Waals surface area contributed by atoms with E-state index in [1.54, 1.807) is 24.0 Å². The molecule has 2 rings (SSSR count). The molecule has 2 aromatic carbocycles. The van der Waals surface area contributed by atoms with Crippen molar-refractivity contribution < 1.29 is 22.7 Å². The summed E-state index contributed by atoms with van der Waals surface area (Å²) in [6.07, 6.45) is 3.92. The van der Waals surface area contributed by atoms with Gasteiger partial charge in [0.25, 0.3) is 0 Å². The smallest absolute Gasteiger partial charge is 0.242 e. The first-order valence-electron chi connectivity index (χ1n) is 12.5. The zero-order chi connectivity index (χ0) is 27.4. The number of ether oxygens (including phenoxy) is 1. The molecule has 0 aliphatic rings. The number of nitrogens with one attached hydrogen (secondary N) is 1. The number of sulfonamides is 1. The Hall–Kier alpha value is -2.78. The van der Waals surface area contributed by atoms with Crippen molar-refractivity contribution >= 4 is 39.1 Å². The fourth-order valence-electron chi connectivity index (χ4n) is 3.92. The van der Waals surface area contributed by atoms with E-state index in [9.17, 15) is 18.0 Å². The van der Waals surface area contributed by atoms with E-state index < -0.39 is 16.1 Å². The van der Waals surface area contributed by atoms with Gasteiger partial charge in [-0.3, -0.25) is 13.9 Å². The summed E-state index contributed by atoms with van der Waals surface area (Å²) in [5.74, 6) is 0.0464. The Labute approximate surface area is 226 Å². The van der Waals surface area contributed by atoms with Gasteiger partial charge < -0.3 is 15.0 Å². The lowest BCUT2D eigenvalue weighted by Gasteiger charge is -2.29. The SMILES string of the molecule is CCCCNC(=O)[C@@H](C)N(CCc1ccccc1)C(=O)CCCN(c1ccc(OC)c(Cl)c1)S(C)(=O)=O. The molecule has 8 nitrogen and oxygen atoms in total. The van der Waals surface area contributed by atoms with Crippen LogP contribution in [0.1, 0.15) is 45.1 Å². The summed E-state index contributed by atoms with van der Waals surface area (Å²) in [6.45, 7) is 4.82. The lowest BCUT2D eigenvalue weighted by Crippen LogP contribution is -2.49. The molecule has 0 saturated carbocycles. The van der Waals surface area contributed by atoms with Gasteiger partial charge in [0.05, 0.1) is 24.1 Å². The number of unbranched alkanes of at least 4 members (excludes halogenated alkanes) is 1. The third-order valence-electron chi connectivity index (χ3n) is 6.06. The summed E-state index contributed by atoms with van der Waals surface area (Å²) in [6, 6.07) is 13.9. The number of amides is 2. The van der Waals surface area contributed by atoms with Gasteiger partial charge in [0.1, 0.15) is 11.8 Å². The standard InChI is InChI=1S/C27H38ClN3O5S/c1-5-6-17-29-27(33)21(2)30(19-16-22-11-8-7-9-12-22)26(32)13-10-18-31(37(4,34)35)23-14-15-25(36-3)24(28)20-23/h7-9,11-12,14-15,20-21H,5-6,10,13,16-19H2,1-4H3,(H,29,33)/t21-/m1/s1. The first kappa shape index (κ1) is 30.4. The molecule has 10 heteroatoms. The number of hydrogen-bond donors (Lipinski definition) is 1. The van der Waals surface area contributed by atoms with Gasteiger partial charge in [0.2, 0.25) is 21.8 Å². The maximum Gasteiger partial charge on any atom is 0.242 e. The maximum absolute atomic E-state index is 13.3. The van der Waals surface area contributed by atoms with Crippen LogP contribution in [0.3, 0.4) is 0 Å². The highest BCUT2D eigenvalue weighted by Gasteiger charge is 2.26. The van der Waals surface area contributed by atoms with Crippen molar-refractivity contribution in [2.24, 2.45) is 0 Å². The topological polar surface area (TPSA) is 96.0 Å². The Morgan fingerprint density at radius 3 is 2.38 bits per heavy atom. The highest BCUT2D eigenvalue weighted by molar-refractivity contribution is 7.92. The number of rotatable bonds is 15. The van der Waals surface area contributed by atoms with Crippen LogP contribution in [0.5, 0.6) is 5.75 Å². The summed E-state index contributed by atoms with van der Waals surface area (Å²) in [4.78, 5) is 27.6. The maximum atomic E-state index is 13.3. The lowest BCUT2D eigenvalue weighted by molar-refractivity contribution is -0.139. The lowest BCUT2D eigenvalue weighted by atomic mass is 10.1. The second-order valence-electron chi connectivity index (χ2n) is 8.90. The number of methoxy groups -OCH3 is 1. The molecule has 0 heterocycles. The second kappa shape index (κ2) is 14.8. The Bertz CT molecular complexity index is 1130. The van der Waals surface area contributed by atoms with Gasteiger partial charge in [0, 0.05) is 26.1 Å². The predicted octanol–water partition coefficient (Wildman–Crippen LogP) is 4.27. The molecule has 0 radical (unpaired) electrons. The Balaban J connectivity index is 2.11. The van der Waals surface area contributed by atoms with Crippen molar-refractivity contribution in [3.8, 4) is 5.75 Å². The minimum absolute atomic E-state index is 0.0941. The average molecular weight is 552 g/mol. The van der Waals surface area contributed by atoms with Gasteiger partial charge in [-0.15, -0.1) is 0 Å². The molecule has 2 amide bonds. The van der Waals surface area contributed by atoms with Crippen molar-refractivity contribution in [2.45, 2.75) is 52.0 Å². The van der Waals surface area contributed by atoms with E-state index in [1.807, 2.05) is 37.3 Å². The molecular weight excluding hydrogens is 514 g/mol. The van der Waals surface area contributed by atoms with Crippen molar-refractivity contribution in [1.82, 2.24) is 10.2 Å². The van der Waals surface area contributed by atoms with Crippen LogP contribution in [0.2, 0.25) is 5.02 Å². The van der Waals surface area contributed by atoms with Crippen LogP contribution in [0, 0.1) is 0 Å². The average Bonchev–Trinajstić information content (AvgIpc) is 2.86. The molecule has 0 aromatic heterocycles. The number of anilines is 1. The Morgan fingerprint density at radius 2 is 1.78 bits per heavy atom. The molecule has 0 aliphatic heterocycles. The molecule has 0 fully saturated rings. The molecule has 0 aliphatic carbocycles. The van der Waals surface area contributed by atoms with Crippen LogP contribution in [-0.2, 0) is 26.0 Å². The third kappa shape index (κ3) is 9.55. The van der Waals surface area contributed by atoms with Gasteiger partial charge in [-0.2, -0.15) is 0 Å². The zero-order valence-electron chi connectivity index (χ0n) is 22.1. The van der Waals surface area contributed by atoms with Crippen LogP contribution in [-0.4, -0.2) is 64.2 Å². The van der Waals surface area contributed by atoms with Gasteiger partial charge in [-0.1, -0.05) is 55.3 Å². The monoisotopic (exact) mass is 551 g/mol. The molecule has 0 unspecified atom stereocenters. The minimum atomic E-state index is -3.62. The van der Waals surface area contributed by atoms with E-state index in [1.165, 1.54) is 17.5 Å². The third-order valence-corrected chi connectivity index (χ3v) is 7.55. The van der Waals surface area contributed by atoms with E-state index in [0.29, 0.717) is 36.0 Å². The highest BCUT2D eigenvalue weighted by atomic mass is 35.5. The van der Waals surface area contributed by atoms with Crippen LogP contribution in [0.15, 0.2) is 48.5 Å². The fourth-order valence-corrected chi connectivity index (χ4v) is 5.13. The summed E-state index contributed by atoms with van der Waals surface area (Å²) in [5.41, 5.74) is 1.46. The number of benzene rings is 2. The van der Waals surface area contributed by atoms with Crippen molar-refractivity contribution in [1.29, 1.82) is 0 Å². The van der Waals surface area contributed by atoms with Crippen molar-refractivity contribution in [3.63, 3.8) is 0 Å². The van der Waals surface area contributed by atoms with Crippen molar-refractivity contribution in [3.05, 3.63) is 59.1 Å². The quantitative estimate of drug-likeness (QED) is 0.333. The van der Waals surface area contributed by atoms with E-state index in [-0.39, 0.29) is 31.2 Å². The first-order valence-corrected chi connectivity index (χ1v) is 14.7. The number of carbonyl (C=O) groups excluding carboxylic acids is 2. The Morgan fingerprint density at radius 1 is 1.08 bits per heavy atom. The van der Waals surface area contributed by atoms with E-state index >= 15 is 0 Å². The summed E-state index contributed by atoms with van der Waals surface area (Å²) in [7, 11) is -2.13. The number of hydrogen-bond acceptors (Lipinski definition) is 5. The molecule has 0 bridgehead atoms. The molecule has 204 valence electrons. The molecule has 0 saturated heterocycles. The van der Waals surface area contributed by atoms with E-state index in [0.717, 1.165) is 24.7 Å². The van der Waals surface area contributed by atoms with Crippen LogP contribution in [0.4, 0.5) is 5.69 Å². The highest BCUT2D eigenvalue weighted by Crippen LogP contribution is 2.30. The summed E-state index contributed by atoms with van der Waals surface area (Å²) in [5, 5.41) is 3.20. The molecule has 37 heavy (non-hydrogen) atoms. The molecular formula is C27H38ClN3O5S. The van der Waals surface area contributed by atoms with Crippen LogP contribution in [0.25, 0.3) is 0 Å². The van der Waals surface area contributed by atoms with Gasteiger partial charge in [0.15, 0.2) is 0 Å². The summed E-state index contributed by atoms with van der Waals surface area (Å²) >= 11 is 6.20. The molecule has 2 aromatic rings. The number of halogens is 1. The number of carbonyl (C=O) groups is 2. The number of nitrogens with zero attached hydrogens (tertiary/aromatic N) is 2. The van der Waals surface area contributed by atoms with Gasteiger partial charge >= 0.3 is 0 Å².